The number of ether oxygens (including phenoxy) is 1. The van der Waals surface area contributed by atoms with Crippen LogP contribution < -0.4 is 5.32 Å². The summed E-state index contributed by atoms with van der Waals surface area (Å²) in [6.07, 6.45) is 5.38. The maximum atomic E-state index is 6.02. The Balaban J connectivity index is 2.00. The fourth-order valence-electron chi connectivity index (χ4n) is 3.40. The van der Waals surface area contributed by atoms with Gasteiger partial charge in [0.2, 0.25) is 0 Å². The molecule has 0 amide bonds. The third-order valence-electron chi connectivity index (χ3n) is 4.23. The van der Waals surface area contributed by atoms with Crippen LogP contribution in [0.15, 0.2) is 24.3 Å². The van der Waals surface area contributed by atoms with Crippen molar-refractivity contribution in [2.45, 2.75) is 44.2 Å². The molecular formula is C15H21NO. The van der Waals surface area contributed by atoms with Gasteiger partial charge in [0, 0.05) is 6.54 Å². The topological polar surface area (TPSA) is 21.3 Å². The lowest BCUT2D eigenvalue weighted by atomic mass is 9.73. The number of nitrogens with one attached hydrogen (secondary N) is 1. The van der Waals surface area contributed by atoms with Crippen molar-refractivity contribution < 1.29 is 4.74 Å². The van der Waals surface area contributed by atoms with E-state index in [0.29, 0.717) is 6.10 Å². The lowest BCUT2D eigenvalue weighted by molar-refractivity contribution is -0.0756. The van der Waals surface area contributed by atoms with Crippen molar-refractivity contribution in [3.63, 3.8) is 0 Å². The second-order valence-electron chi connectivity index (χ2n) is 5.37. The van der Waals surface area contributed by atoms with Crippen LogP contribution in [-0.4, -0.2) is 19.3 Å². The zero-order valence-corrected chi connectivity index (χ0v) is 10.5. The number of rotatable bonds is 1. The molecular weight excluding hydrogens is 210 g/mol. The Morgan fingerprint density at radius 3 is 3.18 bits per heavy atom. The number of hydrogen-bond acceptors (Lipinski definition) is 2. The summed E-state index contributed by atoms with van der Waals surface area (Å²) in [5.41, 5.74) is 2.85. The Hall–Kier alpha value is -0.860. The minimum Gasteiger partial charge on any atom is -0.375 e. The standard InChI is InChI=1S/C15H21NO/c1-12-5-4-6-13(11-12)15-8-3-2-7-14(15)17-10-9-16-15/h4-6,11,14,16H,2-3,7-10H2,1H3. The van der Waals surface area contributed by atoms with Crippen molar-refractivity contribution in [3.8, 4) is 0 Å². The van der Waals surface area contributed by atoms with Gasteiger partial charge in [-0.15, -0.1) is 0 Å². The normalized spacial score (nSPS) is 33.1. The fraction of sp³-hybridized carbons (Fsp3) is 0.600. The van der Waals surface area contributed by atoms with Crippen molar-refractivity contribution in [3.05, 3.63) is 35.4 Å². The molecule has 1 aromatic rings. The van der Waals surface area contributed by atoms with Crippen LogP contribution >= 0.6 is 0 Å². The van der Waals surface area contributed by atoms with Crippen LogP contribution in [0.2, 0.25) is 0 Å². The Morgan fingerprint density at radius 2 is 2.29 bits per heavy atom. The molecule has 0 bridgehead atoms. The zero-order valence-electron chi connectivity index (χ0n) is 10.5. The first-order valence-electron chi connectivity index (χ1n) is 6.75. The number of morpholine rings is 1. The molecule has 3 rings (SSSR count). The Kier molecular flexibility index (Phi) is 2.93. The Morgan fingerprint density at radius 1 is 1.35 bits per heavy atom. The lowest BCUT2D eigenvalue weighted by Crippen LogP contribution is -2.59. The molecule has 1 heterocycles. The predicted octanol–water partition coefficient (Wildman–Crippen LogP) is 2.75. The van der Waals surface area contributed by atoms with Crippen molar-refractivity contribution in [1.82, 2.24) is 5.32 Å². The highest BCUT2D eigenvalue weighted by atomic mass is 16.5. The van der Waals surface area contributed by atoms with E-state index in [4.69, 9.17) is 4.74 Å². The lowest BCUT2D eigenvalue weighted by Gasteiger charge is -2.48. The van der Waals surface area contributed by atoms with Gasteiger partial charge in [0.05, 0.1) is 18.2 Å². The van der Waals surface area contributed by atoms with Crippen LogP contribution in [0.5, 0.6) is 0 Å². The number of hydrogen-bond donors (Lipinski definition) is 1. The molecule has 1 saturated heterocycles. The molecule has 2 heteroatoms. The average Bonchev–Trinajstić information content (AvgIpc) is 2.39. The van der Waals surface area contributed by atoms with Gasteiger partial charge in [0.15, 0.2) is 0 Å². The van der Waals surface area contributed by atoms with Crippen molar-refractivity contribution in [1.29, 1.82) is 0 Å². The molecule has 2 atom stereocenters. The van der Waals surface area contributed by atoms with E-state index in [9.17, 15) is 0 Å². The van der Waals surface area contributed by atoms with E-state index >= 15 is 0 Å². The number of aryl methyl sites for hydroxylation is 1. The molecule has 92 valence electrons. The smallest absolute Gasteiger partial charge is 0.0799 e. The predicted molar refractivity (Wildman–Crippen MR) is 69.1 cm³/mol. The van der Waals surface area contributed by atoms with Gasteiger partial charge in [0.1, 0.15) is 0 Å². The van der Waals surface area contributed by atoms with E-state index in [1.165, 1.54) is 36.8 Å². The summed E-state index contributed by atoms with van der Waals surface area (Å²) < 4.78 is 6.02. The summed E-state index contributed by atoms with van der Waals surface area (Å²) in [7, 11) is 0. The molecule has 1 aliphatic heterocycles. The molecule has 2 unspecified atom stereocenters. The molecule has 1 N–H and O–H groups in total. The molecule has 2 nitrogen and oxygen atoms in total. The van der Waals surface area contributed by atoms with E-state index in [-0.39, 0.29) is 5.54 Å². The van der Waals surface area contributed by atoms with Crippen LogP contribution in [0.25, 0.3) is 0 Å². The molecule has 0 radical (unpaired) electrons. The van der Waals surface area contributed by atoms with E-state index in [0.717, 1.165) is 13.2 Å². The molecule has 1 aromatic carbocycles. The minimum atomic E-state index is 0.0858. The molecule has 0 aromatic heterocycles. The Labute approximate surface area is 103 Å². The highest BCUT2D eigenvalue weighted by Crippen LogP contribution is 2.40. The molecule has 1 saturated carbocycles. The quantitative estimate of drug-likeness (QED) is 0.802. The van der Waals surface area contributed by atoms with Gasteiger partial charge in [-0.3, -0.25) is 0 Å². The largest absolute Gasteiger partial charge is 0.375 e. The number of fused-ring (bicyclic) bond motifs is 1. The highest BCUT2D eigenvalue weighted by Gasteiger charge is 2.44. The number of benzene rings is 1. The van der Waals surface area contributed by atoms with Crippen molar-refractivity contribution in [2.75, 3.05) is 13.2 Å². The monoisotopic (exact) mass is 231 g/mol. The SMILES string of the molecule is Cc1cccc(C23CCCCC2OCCN3)c1. The van der Waals surface area contributed by atoms with E-state index in [2.05, 4.69) is 36.5 Å². The molecule has 0 spiro atoms. The summed E-state index contributed by atoms with van der Waals surface area (Å²) in [4.78, 5) is 0. The third-order valence-corrected chi connectivity index (χ3v) is 4.23. The maximum Gasteiger partial charge on any atom is 0.0799 e. The first kappa shape index (κ1) is 11.2. The van der Waals surface area contributed by atoms with Gasteiger partial charge in [-0.25, -0.2) is 0 Å². The Bertz CT molecular complexity index is 390. The van der Waals surface area contributed by atoms with E-state index in [1.807, 2.05) is 0 Å². The van der Waals surface area contributed by atoms with Crippen LogP contribution in [0.1, 0.15) is 36.8 Å². The highest BCUT2D eigenvalue weighted by molar-refractivity contribution is 5.31. The van der Waals surface area contributed by atoms with Gasteiger partial charge in [-0.2, -0.15) is 0 Å². The second kappa shape index (κ2) is 4.43. The van der Waals surface area contributed by atoms with Gasteiger partial charge in [0.25, 0.3) is 0 Å². The van der Waals surface area contributed by atoms with Crippen molar-refractivity contribution >= 4 is 0 Å². The second-order valence-corrected chi connectivity index (χ2v) is 5.37. The molecule has 2 fully saturated rings. The molecule has 17 heavy (non-hydrogen) atoms. The molecule has 1 aliphatic carbocycles. The third kappa shape index (κ3) is 1.90. The average molecular weight is 231 g/mol. The maximum absolute atomic E-state index is 6.02. The first-order chi connectivity index (χ1) is 8.31. The zero-order chi connectivity index (χ0) is 11.7. The summed E-state index contributed by atoms with van der Waals surface area (Å²) in [6, 6.07) is 8.91. The van der Waals surface area contributed by atoms with E-state index in [1.54, 1.807) is 0 Å². The summed E-state index contributed by atoms with van der Waals surface area (Å²) in [6.45, 7) is 4.00. The van der Waals surface area contributed by atoms with E-state index < -0.39 is 0 Å². The fourth-order valence-corrected chi connectivity index (χ4v) is 3.40. The molecule has 2 aliphatic rings. The van der Waals surface area contributed by atoms with Crippen molar-refractivity contribution in [2.24, 2.45) is 0 Å². The van der Waals surface area contributed by atoms with Gasteiger partial charge in [-0.05, 0) is 25.3 Å². The van der Waals surface area contributed by atoms with Crippen LogP contribution in [0.4, 0.5) is 0 Å². The van der Waals surface area contributed by atoms with Gasteiger partial charge >= 0.3 is 0 Å². The van der Waals surface area contributed by atoms with Crippen LogP contribution in [0.3, 0.4) is 0 Å². The van der Waals surface area contributed by atoms with Crippen LogP contribution in [-0.2, 0) is 10.3 Å². The first-order valence-corrected chi connectivity index (χ1v) is 6.75. The summed E-state index contributed by atoms with van der Waals surface area (Å²) >= 11 is 0. The van der Waals surface area contributed by atoms with Gasteiger partial charge in [-0.1, -0.05) is 42.7 Å². The van der Waals surface area contributed by atoms with Gasteiger partial charge < -0.3 is 10.1 Å². The van der Waals surface area contributed by atoms with Crippen LogP contribution in [0, 0.1) is 6.92 Å². The summed E-state index contributed by atoms with van der Waals surface area (Å²) in [5, 5.41) is 3.75. The summed E-state index contributed by atoms with van der Waals surface area (Å²) in [5.74, 6) is 0. The minimum absolute atomic E-state index is 0.0858.